The van der Waals surface area contributed by atoms with Crippen LogP contribution in [-0.4, -0.2) is 59.4 Å². The number of carboxylic acid groups (broad SMARTS) is 1. The monoisotopic (exact) mass is 507 g/mol. The first-order chi connectivity index (χ1) is 16.8. The highest BCUT2D eigenvalue weighted by molar-refractivity contribution is 5.69. The number of benzene rings is 2. The van der Waals surface area contributed by atoms with Crippen LogP contribution in [0.25, 0.3) is 0 Å². The summed E-state index contributed by atoms with van der Waals surface area (Å²) in [6.07, 6.45) is -6.15. The number of carbonyl (C=O) groups excluding carboxylic acids is 2. The molecule has 10 heteroatoms. The molecule has 1 aliphatic heterocycles. The molecule has 2 atom stereocenters. The number of carbonyl (C=O) groups is 2. The normalized spacial score (nSPS) is 20.6. The number of piperazine rings is 1. The van der Waals surface area contributed by atoms with Gasteiger partial charge in [0.25, 0.3) is 6.09 Å². The van der Waals surface area contributed by atoms with Crippen molar-refractivity contribution in [2.24, 2.45) is 0 Å². The number of nitrogens with zero attached hydrogens (tertiary/aromatic N) is 2. The van der Waals surface area contributed by atoms with Crippen molar-refractivity contribution in [2.75, 3.05) is 31.5 Å². The number of nitrogens with one attached hydrogen (secondary N) is 1. The van der Waals surface area contributed by atoms with Gasteiger partial charge in [-0.05, 0) is 39.3 Å². The molecule has 0 saturated carbocycles. The fourth-order valence-electron chi connectivity index (χ4n) is 4.45. The molecule has 1 aliphatic rings. The Labute approximate surface area is 209 Å². The van der Waals surface area contributed by atoms with Gasteiger partial charge in [-0.15, -0.1) is 0 Å². The lowest BCUT2D eigenvalue weighted by atomic mass is 10.0. The molecular weight excluding hydrogens is 475 g/mol. The molecule has 3 rings (SSSR count). The number of anilines is 1. The van der Waals surface area contributed by atoms with Crippen LogP contribution in [0.3, 0.4) is 0 Å². The second kappa shape index (κ2) is 10.8. The van der Waals surface area contributed by atoms with E-state index in [-0.39, 0.29) is 44.8 Å². The van der Waals surface area contributed by atoms with Crippen molar-refractivity contribution >= 4 is 17.9 Å². The second-order valence-corrected chi connectivity index (χ2v) is 10.0. The van der Waals surface area contributed by atoms with E-state index in [2.05, 4.69) is 5.32 Å². The average molecular weight is 508 g/mol. The summed E-state index contributed by atoms with van der Waals surface area (Å²) in [6.45, 7) is 5.74. The zero-order chi connectivity index (χ0) is 26.6. The number of ether oxygens (including phenoxy) is 1. The molecule has 196 valence electrons. The number of para-hydroxylation sites is 1. The predicted octanol–water partition coefficient (Wildman–Crippen LogP) is 4.49. The summed E-state index contributed by atoms with van der Waals surface area (Å²) in [5.41, 5.74) is -0.813. The summed E-state index contributed by atoms with van der Waals surface area (Å²) in [6, 6.07) is 13.7. The van der Waals surface area contributed by atoms with Crippen LogP contribution in [0.15, 0.2) is 54.6 Å². The first-order valence-corrected chi connectivity index (χ1v) is 11.8. The quantitative estimate of drug-likeness (QED) is 0.583. The summed E-state index contributed by atoms with van der Waals surface area (Å²) < 4.78 is 45.2. The molecule has 0 aromatic heterocycles. The lowest BCUT2D eigenvalue weighted by Gasteiger charge is -2.48. The number of rotatable bonds is 6. The van der Waals surface area contributed by atoms with Gasteiger partial charge in [0.15, 0.2) is 0 Å². The summed E-state index contributed by atoms with van der Waals surface area (Å²) in [5.74, 6) is 0. The maximum atomic E-state index is 13.4. The number of alkyl halides is 3. The Kier molecular flexibility index (Phi) is 8.18. The Morgan fingerprint density at radius 3 is 2.33 bits per heavy atom. The van der Waals surface area contributed by atoms with E-state index in [1.165, 1.54) is 23.1 Å². The summed E-state index contributed by atoms with van der Waals surface area (Å²) in [5, 5.41) is 15.2. The van der Waals surface area contributed by atoms with Gasteiger partial charge < -0.3 is 20.0 Å². The molecule has 2 aromatic carbocycles. The highest BCUT2D eigenvalue weighted by atomic mass is 19.4. The van der Waals surface area contributed by atoms with Crippen LogP contribution in [0.5, 0.6) is 0 Å². The molecule has 1 heterocycles. The van der Waals surface area contributed by atoms with Crippen molar-refractivity contribution in [3.05, 3.63) is 65.7 Å². The topological polar surface area (TPSA) is 81.7 Å². The highest BCUT2D eigenvalue weighted by Crippen LogP contribution is 2.34. The Bertz CT molecular complexity index is 1060. The lowest BCUT2D eigenvalue weighted by Crippen LogP contribution is -2.69. The predicted molar refractivity (Wildman–Crippen MR) is 127 cm³/mol. The van der Waals surface area contributed by atoms with Gasteiger partial charge in [0.2, 0.25) is 0 Å². The summed E-state index contributed by atoms with van der Waals surface area (Å²) in [7, 11) is 0. The Morgan fingerprint density at radius 2 is 1.72 bits per heavy atom. The van der Waals surface area contributed by atoms with Crippen LogP contribution in [0.1, 0.15) is 38.3 Å². The van der Waals surface area contributed by atoms with Crippen LogP contribution in [-0.2, 0) is 17.5 Å². The minimum absolute atomic E-state index is 0.0407. The van der Waals surface area contributed by atoms with Gasteiger partial charge >= 0.3 is 12.3 Å². The third-order valence-electron chi connectivity index (χ3n) is 6.14. The number of hydrogen-bond donors (Lipinski definition) is 1. The fraction of sp³-hybridized carbons (Fsp3) is 0.462. The van der Waals surface area contributed by atoms with Gasteiger partial charge in [-0.2, -0.15) is 13.2 Å². The number of quaternary nitrogens is 1. The maximum absolute atomic E-state index is 13.4. The molecule has 1 fully saturated rings. The molecular formula is C26H32F3N3O4. The maximum Gasteiger partial charge on any atom is 0.418 e. The van der Waals surface area contributed by atoms with Crippen molar-refractivity contribution in [1.82, 2.24) is 4.90 Å². The van der Waals surface area contributed by atoms with E-state index in [1.807, 2.05) is 30.3 Å². The molecule has 0 aliphatic carbocycles. The molecule has 0 bridgehead atoms. The van der Waals surface area contributed by atoms with E-state index in [9.17, 15) is 27.9 Å². The van der Waals surface area contributed by atoms with Gasteiger partial charge in [0.05, 0.1) is 18.2 Å². The standard InChI is InChI=1S/C26H32F3N3O4/c1-25(2,3)36-23(33)31-15-16-32(24(34)35,17-19-9-5-4-6-10-19)18-20(31)13-14-30-22-12-8-7-11-21(22)26(27,28)29/h4-12,20,30H,13-18H2,1-3H3/t20-,32?/m1/s1. The van der Waals surface area contributed by atoms with Crippen molar-refractivity contribution in [3.63, 3.8) is 0 Å². The summed E-state index contributed by atoms with van der Waals surface area (Å²) >= 11 is 0. The van der Waals surface area contributed by atoms with Crippen LogP contribution < -0.4 is 10.4 Å². The SMILES string of the molecule is CC(C)(C)OC(=O)N1CC[N+](Cc2ccccc2)(C(=O)[O-])C[C@H]1CCNc1ccccc1C(F)(F)F. The number of halogens is 3. The molecule has 1 N–H and O–H groups in total. The third kappa shape index (κ3) is 6.90. The van der Waals surface area contributed by atoms with Gasteiger partial charge in [0, 0.05) is 17.8 Å². The summed E-state index contributed by atoms with van der Waals surface area (Å²) in [4.78, 5) is 26.8. The third-order valence-corrected chi connectivity index (χ3v) is 6.14. The molecule has 0 spiro atoms. The van der Waals surface area contributed by atoms with E-state index >= 15 is 0 Å². The van der Waals surface area contributed by atoms with E-state index in [0.29, 0.717) is 0 Å². The average Bonchev–Trinajstić information content (AvgIpc) is 2.78. The van der Waals surface area contributed by atoms with Crippen LogP contribution in [0.4, 0.5) is 28.4 Å². The molecule has 7 nitrogen and oxygen atoms in total. The van der Waals surface area contributed by atoms with Crippen LogP contribution in [0.2, 0.25) is 0 Å². The Hall–Kier alpha value is -3.27. The molecule has 2 amide bonds. The Morgan fingerprint density at radius 1 is 1.08 bits per heavy atom. The minimum Gasteiger partial charge on any atom is -0.498 e. The highest BCUT2D eigenvalue weighted by Gasteiger charge is 2.44. The van der Waals surface area contributed by atoms with Crippen molar-refractivity contribution in [3.8, 4) is 0 Å². The zero-order valence-electron chi connectivity index (χ0n) is 20.7. The Balaban J connectivity index is 1.82. The van der Waals surface area contributed by atoms with Crippen molar-refractivity contribution in [1.29, 1.82) is 0 Å². The first-order valence-electron chi connectivity index (χ1n) is 11.8. The second-order valence-electron chi connectivity index (χ2n) is 10.0. The van der Waals surface area contributed by atoms with Gasteiger partial charge in [-0.1, -0.05) is 42.5 Å². The van der Waals surface area contributed by atoms with E-state index in [1.54, 1.807) is 20.8 Å². The largest absolute Gasteiger partial charge is 0.498 e. The number of hydrogen-bond acceptors (Lipinski definition) is 5. The van der Waals surface area contributed by atoms with Crippen molar-refractivity contribution in [2.45, 2.75) is 51.6 Å². The van der Waals surface area contributed by atoms with Gasteiger partial charge in [-0.3, -0.25) is 9.38 Å². The van der Waals surface area contributed by atoms with Crippen molar-refractivity contribution < 1.29 is 37.1 Å². The minimum atomic E-state index is -4.52. The van der Waals surface area contributed by atoms with Gasteiger partial charge in [-0.25, -0.2) is 4.79 Å². The van der Waals surface area contributed by atoms with Gasteiger partial charge in [0.1, 0.15) is 25.2 Å². The van der Waals surface area contributed by atoms with E-state index in [0.717, 1.165) is 11.6 Å². The molecule has 0 radical (unpaired) electrons. The molecule has 1 saturated heterocycles. The molecule has 1 unspecified atom stereocenters. The van der Waals surface area contributed by atoms with Crippen LogP contribution >= 0.6 is 0 Å². The zero-order valence-corrected chi connectivity index (χ0v) is 20.7. The van der Waals surface area contributed by atoms with E-state index in [4.69, 9.17) is 4.74 Å². The first kappa shape index (κ1) is 27.3. The number of amides is 2. The molecule has 2 aromatic rings. The molecule has 36 heavy (non-hydrogen) atoms. The van der Waals surface area contributed by atoms with Crippen LogP contribution in [0, 0.1) is 0 Å². The fourth-order valence-corrected chi connectivity index (χ4v) is 4.45. The van der Waals surface area contributed by atoms with E-state index < -0.39 is 40.1 Å². The lowest BCUT2D eigenvalue weighted by molar-refractivity contribution is -0.895. The smallest absolute Gasteiger partial charge is 0.418 e.